The van der Waals surface area contributed by atoms with Crippen molar-refractivity contribution in [2.75, 3.05) is 0 Å². The first kappa shape index (κ1) is 9.79. The van der Waals surface area contributed by atoms with E-state index in [1.807, 2.05) is 0 Å². The summed E-state index contributed by atoms with van der Waals surface area (Å²) in [5.74, 6) is 0. The van der Waals surface area contributed by atoms with Crippen molar-refractivity contribution in [3.05, 3.63) is 0 Å². The first-order valence-corrected chi connectivity index (χ1v) is 3.65. The number of hydrogen-bond donors (Lipinski definition) is 0. The van der Waals surface area contributed by atoms with Crippen LogP contribution in [0.1, 0.15) is 0 Å². The molecule has 4 nitrogen and oxygen atoms in total. The minimum atomic E-state index is -5.94. The summed E-state index contributed by atoms with van der Waals surface area (Å²) >= 11 is -5.94. The normalized spacial score (nSPS) is 9.50. The molecule has 0 aromatic rings. The fourth-order valence-corrected chi connectivity index (χ4v) is 0. The van der Waals surface area contributed by atoms with E-state index in [1.165, 1.54) is 0 Å². The zero-order valence-electron chi connectivity index (χ0n) is 3.01. The molecule has 0 aromatic heterocycles. The van der Waals surface area contributed by atoms with E-state index in [0.717, 1.165) is 0 Å². The van der Waals surface area contributed by atoms with Crippen LogP contribution in [0.4, 0.5) is 0 Å². The minimum absolute atomic E-state index is 0. The Labute approximate surface area is 49.0 Å². The molecule has 0 fully saturated rings. The average Bonchev–Trinajstić information content (AvgIpc) is 0.722. The monoisotopic (exact) mass is 168 g/mol. The Morgan fingerprint density at radius 3 is 1.17 bits per heavy atom. The molecule has 0 amide bonds. The summed E-state index contributed by atoms with van der Waals surface area (Å²) in [7, 11) is 0. The van der Waals surface area contributed by atoms with Gasteiger partial charge in [0.15, 0.2) is 0 Å². The first-order chi connectivity index (χ1) is 2.00. The molecule has 32 valence electrons. The molecule has 0 aliphatic heterocycles. The van der Waals surface area contributed by atoms with Crippen LogP contribution in [0.2, 0.25) is 0 Å². The summed E-state index contributed by atoms with van der Waals surface area (Å²) in [6.07, 6.45) is 0. The molecule has 0 N–H and O–H groups in total. The van der Waals surface area contributed by atoms with Gasteiger partial charge in [-0.05, 0) is 0 Å². The van der Waals surface area contributed by atoms with Crippen LogP contribution in [0.15, 0.2) is 0 Å². The summed E-state index contributed by atoms with van der Waals surface area (Å²) in [5, 5.41) is 0. The molecular formula is LiO4Tc. The first-order valence-electron chi connectivity index (χ1n) is 0.617. The summed E-state index contributed by atoms with van der Waals surface area (Å²) in [5.41, 5.74) is 0. The van der Waals surface area contributed by atoms with Crippen molar-refractivity contribution in [3.63, 3.8) is 0 Å². The van der Waals surface area contributed by atoms with Crippen molar-refractivity contribution >= 4 is 0 Å². The number of hydrogen-bond acceptors (Lipinski definition) is 4. The Morgan fingerprint density at radius 2 is 1.17 bits per heavy atom. The standard InChI is InChI=1S/Li.4O.Tc/q+1;;;;-1;. The van der Waals surface area contributed by atoms with Crippen molar-refractivity contribution in [2.24, 2.45) is 0 Å². The van der Waals surface area contributed by atoms with Crippen molar-refractivity contribution in [2.45, 2.75) is 0 Å². The molecule has 6 heteroatoms. The molecule has 0 saturated heterocycles. The van der Waals surface area contributed by atoms with Gasteiger partial charge in [0.1, 0.15) is 0 Å². The van der Waals surface area contributed by atoms with E-state index >= 15 is 0 Å². The predicted octanol–water partition coefficient (Wildman–Crippen LogP) is -4.54. The topological polar surface area (TPSA) is 74.3 Å². The van der Waals surface area contributed by atoms with E-state index in [0.29, 0.717) is 0 Å². The molecule has 0 aliphatic carbocycles. The maximum absolute atomic E-state index is 8.62. The van der Waals surface area contributed by atoms with Crippen LogP contribution in [0.5, 0.6) is 0 Å². The van der Waals surface area contributed by atoms with Crippen LogP contribution in [-0.2, 0) is 26.0 Å². The molecular weight excluding hydrogens is 169 g/mol. The van der Waals surface area contributed by atoms with Crippen molar-refractivity contribution < 1.29 is 48.8 Å². The third-order valence-electron chi connectivity index (χ3n) is 0. The molecule has 0 spiro atoms. The number of rotatable bonds is 0. The van der Waals surface area contributed by atoms with E-state index in [9.17, 15) is 0 Å². The molecule has 0 aromatic carbocycles. The van der Waals surface area contributed by atoms with Crippen LogP contribution in [-0.4, -0.2) is 0 Å². The third-order valence-corrected chi connectivity index (χ3v) is 0. The second-order valence-electron chi connectivity index (χ2n) is 0.378. The Morgan fingerprint density at radius 1 is 1.17 bits per heavy atom. The van der Waals surface area contributed by atoms with Crippen LogP contribution in [0, 0.1) is 0 Å². The van der Waals surface area contributed by atoms with Gasteiger partial charge in [0.25, 0.3) is 0 Å². The van der Waals surface area contributed by atoms with Crippen molar-refractivity contribution in [3.8, 4) is 0 Å². The van der Waals surface area contributed by atoms with Crippen LogP contribution in [0.25, 0.3) is 0 Å². The Kier molecular flexibility index (Phi) is 4.45. The van der Waals surface area contributed by atoms with Gasteiger partial charge in [0.2, 0.25) is 0 Å². The van der Waals surface area contributed by atoms with Crippen LogP contribution < -0.4 is 22.7 Å². The van der Waals surface area contributed by atoms with E-state index in [4.69, 9.17) is 14.4 Å². The fourth-order valence-electron chi connectivity index (χ4n) is 0. The van der Waals surface area contributed by atoms with Gasteiger partial charge in [0.05, 0.1) is 0 Å². The Balaban J connectivity index is 0. The van der Waals surface area contributed by atoms with Gasteiger partial charge < -0.3 is 0 Å². The fraction of sp³-hybridized carbons (Fsp3) is 0. The zero-order chi connectivity index (χ0) is 4.50. The van der Waals surface area contributed by atoms with Crippen LogP contribution >= 0.6 is 0 Å². The molecule has 0 bridgehead atoms. The van der Waals surface area contributed by atoms with Gasteiger partial charge in [-0.25, -0.2) is 0 Å². The predicted molar refractivity (Wildman–Crippen MR) is 2.06 cm³/mol. The quantitative estimate of drug-likeness (QED) is 0.342. The Bertz CT molecular complexity index is 129. The average molecular weight is 169 g/mol. The van der Waals surface area contributed by atoms with E-state index in [1.54, 1.807) is 0 Å². The van der Waals surface area contributed by atoms with Crippen LogP contribution in [0.3, 0.4) is 0 Å². The third kappa shape index (κ3) is 163. The Hall–Kier alpha value is 0.607. The molecule has 6 heavy (non-hydrogen) atoms. The second-order valence-corrected chi connectivity index (χ2v) is 2.24. The molecule has 0 radical (unpaired) electrons. The van der Waals surface area contributed by atoms with E-state index in [-0.39, 0.29) is 18.9 Å². The van der Waals surface area contributed by atoms with Gasteiger partial charge in [0, 0.05) is 0 Å². The zero-order valence-corrected chi connectivity index (χ0v) is 4.87. The maximum atomic E-state index is 8.62. The van der Waals surface area contributed by atoms with Gasteiger partial charge in [-0.2, -0.15) is 0 Å². The molecule has 0 saturated carbocycles. The summed E-state index contributed by atoms with van der Waals surface area (Å²) in [6.45, 7) is 0. The summed E-state index contributed by atoms with van der Waals surface area (Å²) in [4.78, 5) is 0. The SMILES string of the molecule is [Li+].[O]=[Tc](=[O])(=[O])[O-]. The second kappa shape index (κ2) is 2.73. The van der Waals surface area contributed by atoms with Gasteiger partial charge in [-0.1, -0.05) is 0 Å². The van der Waals surface area contributed by atoms with Gasteiger partial charge >= 0.3 is 48.8 Å². The van der Waals surface area contributed by atoms with E-state index in [2.05, 4.69) is 0 Å². The molecule has 0 aliphatic rings. The summed E-state index contributed by atoms with van der Waals surface area (Å²) < 4.78 is 34.5. The van der Waals surface area contributed by atoms with Crippen molar-refractivity contribution in [1.29, 1.82) is 0 Å². The molecule has 0 unspecified atom stereocenters. The summed E-state index contributed by atoms with van der Waals surface area (Å²) in [6, 6.07) is 0. The molecule has 0 heterocycles. The van der Waals surface area contributed by atoms with Gasteiger partial charge in [-0.3, -0.25) is 0 Å². The van der Waals surface area contributed by atoms with Crippen molar-refractivity contribution in [1.82, 2.24) is 0 Å². The van der Waals surface area contributed by atoms with E-state index < -0.39 is 15.5 Å². The molecule has 0 rings (SSSR count). The molecule has 0 atom stereocenters. The van der Waals surface area contributed by atoms with Gasteiger partial charge in [-0.15, -0.1) is 0 Å².